The Morgan fingerprint density at radius 2 is 2.56 bits per heavy atom. The van der Waals surface area contributed by atoms with E-state index in [9.17, 15) is 0 Å². The number of hydrogen-bond donors (Lipinski definition) is 0. The highest BCUT2D eigenvalue weighted by molar-refractivity contribution is 9.12. The Morgan fingerprint density at radius 3 is 3.11 bits per heavy atom. The van der Waals surface area contributed by atoms with Crippen LogP contribution < -0.4 is 0 Å². The van der Waals surface area contributed by atoms with Crippen molar-refractivity contribution in [1.82, 2.24) is 0 Å². The fraction of sp³-hybridized carbons (Fsp3) is 0.500. The molecule has 0 nitrogen and oxygen atoms in total. The highest BCUT2D eigenvalue weighted by Gasteiger charge is 2.04. The zero-order valence-electron chi connectivity index (χ0n) is 5.15. The molecule has 0 heterocycles. The van der Waals surface area contributed by atoms with Crippen LogP contribution in [-0.4, -0.2) is 0 Å². The fourth-order valence-electron chi connectivity index (χ4n) is 0.911. The first-order chi connectivity index (χ1) is 4.43. The minimum absolute atomic E-state index is 0.575. The van der Waals surface area contributed by atoms with Gasteiger partial charge < -0.3 is 0 Å². The van der Waals surface area contributed by atoms with E-state index in [-0.39, 0.29) is 0 Å². The molecule has 1 aliphatic carbocycles. The summed E-state index contributed by atoms with van der Waals surface area (Å²) in [6.45, 7) is 0. The zero-order chi connectivity index (χ0) is 6.53. The van der Waals surface area contributed by atoms with Gasteiger partial charge in [-0.15, -0.1) is 0 Å². The Hall–Kier alpha value is -0.220. The molecule has 1 aliphatic rings. The van der Waals surface area contributed by atoms with Crippen LogP contribution >= 0.6 is 15.9 Å². The molecule has 1 rings (SSSR count). The molecule has 1 radical (unpaired) electrons. The van der Waals surface area contributed by atoms with E-state index in [1.807, 2.05) is 0 Å². The third-order valence-corrected chi connectivity index (χ3v) is 1.67. The molecule has 0 spiro atoms. The van der Waals surface area contributed by atoms with Gasteiger partial charge in [0.1, 0.15) is 0 Å². The van der Waals surface area contributed by atoms with Gasteiger partial charge in [-0.1, -0.05) is 12.0 Å². The molecule has 0 aliphatic heterocycles. The molecule has 9 heavy (non-hydrogen) atoms. The van der Waals surface area contributed by atoms with Crippen molar-refractivity contribution in [3.8, 4) is 10.8 Å². The summed E-state index contributed by atoms with van der Waals surface area (Å²) >= 11 is 3.09. The lowest BCUT2D eigenvalue weighted by Crippen LogP contribution is -1.98. The van der Waals surface area contributed by atoms with Gasteiger partial charge in [0.2, 0.25) is 0 Å². The minimum Gasteiger partial charge on any atom is -0.0870 e. The van der Waals surface area contributed by atoms with Gasteiger partial charge in [-0.2, -0.15) is 0 Å². The monoisotopic (exact) mass is 183 g/mol. The van der Waals surface area contributed by atoms with Crippen LogP contribution in [0.25, 0.3) is 0 Å². The Morgan fingerprint density at radius 1 is 1.67 bits per heavy atom. The smallest absolute Gasteiger partial charge is 0.0249 e. The number of halogens is 1. The van der Waals surface area contributed by atoms with E-state index in [1.165, 1.54) is 6.42 Å². The molecule has 0 bridgehead atoms. The SMILES string of the molecule is BrC#CC1CC=[C]CC1. The van der Waals surface area contributed by atoms with E-state index in [0.29, 0.717) is 5.92 Å². The summed E-state index contributed by atoms with van der Waals surface area (Å²) in [4.78, 5) is 2.75. The van der Waals surface area contributed by atoms with Crippen LogP contribution in [0.2, 0.25) is 0 Å². The number of hydrogen-bond acceptors (Lipinski definition) is 0. The van der Waals surface area contributed by atoms with Crippen molar-refractivity contribution in [3.05, 3.63) is 12.2 Å². The fourth-order valence-corrected chi connectivity index (χ4v) is 1.24. The molecule has 0 saturated carbocycles. The van der Waals surface area contributed by atoms with Crippen LogP contribution in [0.4, 0.5) is 0 Å². The van der Waals surface area contributed by atoms with Crippen molar-refractivity contribution in [3.63, 3.8) is 0 Å². The average molecular weight is 184 g/mol. The van der Waals surface area contributed by atoms with Gasteiger partial charge >= 0.3 is 0 Å². The first-order valence-electron chi connectivity index (χ1n) is 3.09. The number of allylic oxidation sites excluding steroid dienone is 2. The standard InChI is InChI=1S/C8H8Br/c9-7-6-8-4-2-1-3-5-8/h2,8H,3-5H2. The van der Waals surface area contributed by atoms with Crippen molar-refractivity contribution in [2.45, 2.75) is 19.3 Å². The molecule has 47 valence electrons. The first-order valence-corrected chi connectivity index (χ1v) is 3.89. The molecule has 0 N–H and O–H groups in total. The van der Waals surface area contributed by atoms with Crippen molar-refractivity contribution in [2.24, 2.45) is 5.92 Å². The molecule has 0 aromatic heterocycles. The highest BCUT2D eigenvalue weighted by Crippen LogP contribution is 2.15. The molecule has 1 unspecified atom stereocenters. The van der Waals surface area contributed by atoms with E-state index in [0.717, 1.165) is 12.8 Å². The second-order valence-electron chi connectivity index (χ2n) is 2.12. The van der Waals surface area contributed by atoms with E-state index >= 15 is 0 Å². The van der Waals surface area contributed by atoms with E-state index in [4.69, 9.17) is 0 Å². The second kappa shape index (κ2) is 3.74. The summed E-state index contributed by atoms with van der Waals surface area (Å²) in [7, 11) is 0. The molecule has 0 fully saturated rings. The van der Waals surface area contributed by atoms with Gasteiger partial charge in [-0.3, -0.25) is 0 Å². The Kier molecular flexibility index (Phi) is 2.86. The third-order valence-electron chi connectivity index (χ3n) is 1.44. The van der Waals surface area contributed by atoms with Gasteiger partial charge in [0.15, 0.2) is 0 Å². The molecular formula is C8H8Br. The predicted molar refractivity (Wildman–Crippen MR) is 41.9 cm³/mol. The van der Waals surface area contributed by atoms with E-state index in [2.05, 4.69) is 38.8 Å². The Labute approximate surface area is 64.5 Å². The molecule has 1 atom stereocenters. The minimum atomic E-state index is 0.575. The Bertz CT molecular complexity index is 159. The normalized spacial score (nSPS) is 24.8. The molecule has 0 saturated heterocycles. The largest absolute Gasteiger partial charge is 0.0870 e. The molecule has 0 aromatic rings. The second-order valence-corrected chi connectivity index (χ2v) is 2.51. The topological polar surface area (TPSA) is 0 Å². The summed E-state index contributed by atoms with van der Waals surface area (Å²) in [6, 6.07) is 0. The summed E-state index contributed by atoms with van der Waals surface area (Å²) in [5.74, 6) is 3.65. The predicted octanol–water partition coefficient (Wildman–Crippen LogP) is 2.50. The maximum atomic E-state index is 3.17. The van der Waals surface area contributed by atoms with Crippen LogP contribution in [0, 0.1) is 22.7 Å². The average Bonchev–Trinajstić information content (AvgIpc) is 1.91. The van der Waals surface area contributed by atoms with Gasteiger partial charge in [0, 0.05) is 21.8 Å². The summed E-state index contributed by atoms with van der Waals surface area (Å²) in [6.07, 6.45) is 8.59. The maximum Gasteiger partial charge on any atom is 0.0249 e. The lowest BCUT2D eigenvalue weighted by molar-refractivity contribution is 0.595. The first kappa shape index (κ1) is 6.89. The lowest BCUT2D eigenvalue weighted by Gasteiger charge is -2.08. The van der Waals surface area contributed by atoms with Crippen LogP contribution in [0.5, 0.6) is 0 Å². The zero-order valence-corrected chi connectivity index (χ0v) is 6.74. The molecule has 0 amide bonds. The van der Waals surface area contributed by atoms with Crippen LogP contribution in [0.15, 0.2) is 6.08 Å². The maximum absolute atomic E-state index is 3.17. The van der Waals surface area contributed by atoms with Gasteiger partial charge in [-0.05, 0) is 30.2 Å². The van der Waals surface area contributed by atoms with E-state index < -0.39 is 0 Å². The highest BCUT2D eigenvalue weighted by atomic mass is 79.9. The molecule has 0 aromatic carbocycles. The summed E-state index contributed by atoms with van der Waals surface area (Å²) in [5, 5.41) is 0. The molecule has 1 heteroatoms. The van der Waals surface area contributed by atoms with Crippen molar-refractivity contribution < 1.29 is 0 Å². The molecular weight excluding hydrogens is 176 g/mol. The lowest BCUT2D eigenvalue weighted by atomic mass is 9.96. The quantitative estimate of drug-likeness (QED) is 0.507. The third kappa shape index (κ3) is 2.24. The van der Waals surface area contributed by atoms with Crippen LogP contribution in [-0.2, 0) is 0 Å². The van der Waals surface area contributed by atoms with Crippen LogP contribution in [0.3, 0.4) is 0 Å². The Balaban J connectivity index is 2.41. The van der Waals surface area contributed by atoms with Gasteiger partial charge in [-0.25, -0.2) is 0 Å². The van der Waals surface area contributed by atoms with E-state index in [1.54, 1.807) is 0 Å². The summed E-state index contributed by atoms with van der Waals surface area (Å²) < 4.78 is 0. The van der Waals surface area contributed by atoms with Gasteiger partial charge in [0.05, 0.1) is 0 Å². The van der Waals surface area contributed by atoms with Gasteiger partial charge in [0.25, 0.3) is 0 Å². The summed E-state index contributed by atoms with van der Waals surface area (Å²) in [5.41, 5.74) is 0. The number of rotatable bonds is 0. The van der Waals surface area contributed by atoms with Crippen molar-refractivity contribution >= 4 is 15.9 Å². The van der Waals surface area contributed by atoms with Crippen LogP contribution in [0.1, 0.15) is 19.3 Å². The van der Waals surface area contributed by atoms with Crippen molar-refractivity contribution in [1.29, 1.82) is 0 Å². The van der Waals surface area contributed by atoms with Crippen molar-refractivity contribution in [2.75, 3.05) is 0 Å².